The topological polar surface area (TPSA) is 15.3 Å². The molecular formula is C38H75N4+. The van der Waals surface area contributed by atoms with E-state index in [9.17, 15) is 0 Å². The molecule has 0 N–H and O–H groups in total. The zero-order valence-electron chi connectivity index (χ0n) is 29.2. The molecule has 0 aromatic carbocycles. The monoisotopic (exact) mass is 588 g/mol. The van der Waals surface area contributed by atoms with E-state index in [1.807, 2.05) is 0 Å². The number of unbranched alkanes of at least 4 members (excludes halogenated alkanes) is 24. The van der Waals surface area contributed by atoms with Crippen LogP contribution >= 0.6 is 0 Å². The van der Waals surface area contributed by atoms with Crippen molar-refractivity contribution in [1.82, 2.24) is 14.4 Å². The smallest absolute Gasteiger partial charge is 0.243 e. The Kier molecular flexibility index (Phi) is 27.2. The predicted octanol–water partition coefficient (Wildman–Crippen LogP) is 11.2. The van der Waals surface area contributed by atoms with E-state index in [1.54, 1.807) is 0 Å². The maximum atomic E-state index is 2.41. The molecule has 2 rings (SSSR count). The quantitative estimate of drug-likeness (QED) is 0.0715. The maximum absolute atomic E-state index is 2.41. The molecule has 1 aliphatic rings. The Labute approximate surface area is 264 Å². The van der Waals surface area contributed by atoms with Gasteiger partial charge in [0, 0.05) is 26.0 Å². The van der Waals surface area contributed by atoms with Gasteiger partial charge in [0.05, 0.1) is 20.3 Å². The van der Waals surface area contributed by atoms with Gasteiger partial charge < -0.3 is 9.80 Å². The molecule has 1 aromatic rings. The molecule has 0 unspecified atom stereocenters. The van der Waals surface area contributed by atoms with Crippen molar-refractivity contribution in [2.45, 2.75) is 187 Å². The predicted molar refractivity (Wildman–Crippen MR) is 185 cm³/mol. The molecule has 0 saturated heterocycles. The van der Waals surface area contributed by atoms with Gasteiger partial charge in [0.2, 0.25) is 6.33 Å². The third-order valence-electron chi connectivity index (χ3n) is 8.83. The van der Waals surface area contributed by atoms with Crippen LogP contribution in [0.2, 0.25) is 0 Å². The van der Waals surface area contributed by atoms with E-state index < -0.39 is 0 Å². The van der Waals surface area contributed by atoms with Crippen molar-refractivity contribution in [3.8, 4) is 0 Å². The summed E-state index contributed by atoms with van der Waals surface area (Å²) >= 11 is 0. The molecule has 42 heavy (non-hydrogen) atoms. The number of hydrogen-bond donors (Lipinski definition) is 0. The van der Waals surface area contributed by atoms with Crippen LogP contribution in [0.25, 0.3) is 0 Å². The molecule has 0 atom stereocenters. The summed E-state index contributed by atoms with van der Waals surface area (Å²) < 4.78 is 4.41. The first-order valence-electron chi connectivity index (χ1n) is 18.8. The van der Waals surface area contributed by atoms with Gasteiger partial charge in [0.25, 0.3) is 0 Å². The van der Waals surface area contributed by atoms with Crippen molar-refractivity contribution in [3.05, 3.63) is 31.1 Å². The fourth-order valence-corrected chi connectivity index (χ4v) is 6.01. The van der Waals surface area contributed by atoms with Crippen LogP contribution in [0.4, 0.5) is 0 Å². The summed E-state index contributed by atoms with van der Waals surface area (Å²) in [4.78, 5) is 4.65. The van der Waals surface area contributed by atoms with Crippen LogP contribution in [-0.2, 0) is 13.6 Å². The van der Waals surface area contributed by atoms with E-state index in [0.29, 0.717) is 0 Å². The van der Waals surface area contributed by atoms with Crippen LogP contribution in [-0.4, -0.2) is 34.6 Å². The van der Waals surface area contributed by atoms with Crippen LogP contribution in [0.15, 0.2) is 31.1 Å². The van der Waals surface area contributed by atoms with Crippen molar-refractivity contribution in [2.24, 2.45) is 7.05 Å². The number of nitrogens with zero attached hydrogens (tertiary/aromatic N) is 4. The maximum Gasteiger partial charge on any atom is 0.243 e. The van der Waals surface area contributed by atoms with Gasteiger partial charge in [-0.15, -0.1) is 0 Å². The first-order chi connectivity index (χ1) is 20.7. The Morgan fingerprint density at radius 1 is 0.500 bits per heavy atom. The van der Waals surface area contributed by atoms with E-state index in [1.165, 1.54) is 180 Å². The molecule has 0 aliphatic carbocycles. The first kappa shape index (κ1) is 38.6. The van der Waals surface area contributed by atoms with E-state index in [-0.39, 0.29) is 0 Å². The average molecular weight is 588 g/mol. The second-order valence-corrected chi connectivity index (χ2v) is 13.3. The Morgan fingerprint density at radius 2 is 0.881 bits per heavy atom. The summed E-state index contributed by atoms with van der Waals surface area (Å²) in [6.07, 6.45) is 48.1. The van der Waals surface area contributed by atoms with Crippen molar-refractivity contribution < 1.29 is 4.57 Å². The standard InChI is InChI=1S/C20H39N2.C18H36N2/c1-3-4-5-6-7-8-9-10-11-12-13-14-15-16-17-22-19-18-21(2)20-22;1-3-4-5-6-7-8-9-10-11-12-13-14-15-20-17-16-19(2)18-20/h18-20H,3-17H2,1-2H3;16-17H,3-15,18H2,1-2H3/q+1;. The molecule has 0 radical (unpaired) electrons. The van der Waals surface area contributed by atoms with Crippen LogP contribution in [0.1, 0.15) is 181 Å². The Bertz CT molecular complexity index is 697. The number of imidazole rings is 1. The molecule has 2 heterocycles. The van der Waals surface area contributed by atoms with Crippen LogP contribution in [0.5, 0.6) is 0 Å². The second kappa shape index (κ2) is 29.6. The van der Waals surface area contributed by atoms with Gasteiger partial charge in [-0.25, -0.2) is 9.13 Å². The Morgan fingerprint density at radius 3 is 1.21 bits per heavy atom. The number of aromatic nitrogens is 2. The molecule has 0 spiro atoms. The molecule has 0 fully saturated rings. The van der Waals surface area contributed by atoms with Crippen molar-refractivity contribution in [2.75, 3.05) is 20.3 Å². The molecule has 0 bridgehead atoms. The highest BCUT2D eigenvalue weighted by Crippen LogP contribution is 2.14. The van der Waals surface area contributed by atoms with E-state index >= 15 is 0 Å². The fourth-order valence-electron chi connectivity index (χ4n) is 6.01. The Hall–Kier alpha value is -1.45. The van der Waals surface area contributed by atoms with Crippen LogP contribution in [0.3, 0.4) is 0 Å². The summed E-state index contributed by atoms with van der Waals surface area (Å²) in [5.74, 6) is 0. The molecule has 246 valence electrons. The average Bonchev–Trinajstić information content (AvgIpc) is 3.61. The van der Waals surface area contributed by atoms with E-state index in [0.717, 1.165) is 6.67 Å². The third-order valence-corrected chi connectivity index (χ3v) is 8.83. The summed E-state index contributed by atoms with van der Waals surface area (Å²) in [7, 11) is 4.22. The number of hydrogen-bond acceptors (Lipinski definition) is 2. The molecular weight excluding hydrogens is 512 g/mol. The zero-order valence-corrected chi connectivity index (χ0v) is 29.2. The summed E-state index contributed by atoms with van der Waals surface area (Å²) in [6.45, 7) is 8.08. The molecule has 1 aliphatic heterocycles. The largest absolute Gasteiger partial charge is 0.362 e. The molecule has 4 nitrogen and oxygen atoms in total. The van der Waals surface area contributed by atoms with Gasteiger partial charge in [-0.05, 0) is 19.3 Å². The minimum Gasteiger partial charge on any atom is -0.362 e. The van der Waals surface area contributed by atoms with Gasteiger partial charge in [0.15, 0.2) is 0 Å². The second-order valence-electron chi connectivity index (χ2n) is 13.3. The molecule has 0 amide bonds. The lowest BCUT2D eigenvalue weighted by atomic mass is 10.0. The van der Waals surface area contributed by atoms with Crippen molar-refractivity contribution in [3.63, 3.8) is 0 Å². The molecule has 4 heteroatoms. The third kappa shape index (κ3) is 25.1. The summed E-state index contributed by atoms with van der Waals surface area (Å²) in [5, 5.41) is 0. The number of rotatable bonds is 28. The number of aryl methyl sites for hydroxylation is 2. The lowest BCUT2D eigenvalue weighted by Crippen LogP contribution is -2.23. The van der Waals surface area contributed by atoms with Crippen molar-refractivity contribution in [1.29, 1.82) is 0 Å². The molecule has 0 saturated carbocycles. The first-order valence-corrected chi connectivity index (χ1v) is 18.8. The zero-order chi connectivity index (χ0) is 30.4. The molecule has 1 aromatic heterocycles. The van der Waals surface area contributed by atoms with Gasteiger partial charge >= 0.3 is 0 Å². The highest BCUT2D eigenvalue weighted by Gasteiger charge is 2.06. The Balaban J connectivity index is 0.000000422. The van der Waals surface area contributed by atoms with Crippen LogP contribution in [0, 0.1) is 0 Å². The van der Waals surface area contributed by atoms with E-state index in [4.69, 9.17) is 0 Å². The normalized spacial score (nSPS) is 12.8. The fraction of sp³-hybridized carbons (Fsp3) is 0.868. The highest BCUT2D eigenvalue weighted by atomic mass is 15.3. The van der Waals surface area contributed by atoms with Gasteiger partial charge in [0.1, 0.15) is 12.4 Å². The summed E-state index contributed by atoms with van der Waals surface area (Å²) in [5.41, 5.74) is 0. The van der Waals surface area contributed by atoms with E-state index in [2.05, 4.69) is 78.0 Å². The lowest BCUT2D eigenvalue weighted by Gasteiger charge is -2.17. The SMILES string of the molecule is CCCCCCCCCCCCCCCCn1cc[n+](C)c1.CCCCCCCCCCCCCCN1C=CN(C)C1. The summed E-state index contributed by atoms with van der Waals surface area (Å²) in [6, 6.07) is 0. The lowest BCUT2D eigenvalue weighted by molar-refractivity contribution is -0.671. The van der Waals surface area contributed by atoms with Crippen molar-refractivity contribution >= 4 is 0 Å². The van der Waals surface area contributed by atoms with Crippen LogP contribution < -0.4 is 4.57 Å². The minimum absolute atomic E-state index is 1.08. The highest BCUT2D eigenvalue weighted by molar-refractivity contribution is 4.88. The van der Waals surface area contributed by atoms with Gasteiger partial charge in [-0.1, -0.05) is 162 Å². The van der Waals surface area contributed by atoms with Gasteiger partial charge in [-0.3, -0.25) is 0 Å². The van der Waals surface area contributed by atoms with Gasteiger partial charge in [-0.2, -0.15) is 0 Å². The minimum atomic E-state index is 1.08.